The van der Waals surface area contributed by atoms with Crippen molar-refractivity contribution >= 4 is 17.3 Å². The minimum atomic E-state index is -0.688. The molecule has 13 nitrogen and oxygen atoms in total. The van der Waals surface area contributed by atoms with Crippen LogP contribution in [0.1, 0.15) is 17.2 Å². The van der Waals surface area contributed by atoms with E-state index in [1.54, 1.807) is 37.4 Å². The number of non-ortho nitro benzene ring substituents is 1. The van der Waals surface area contributed by atoms with Gasteiger partial charge in [-0.25, -0.2) is 5.10 Å². The van der Waals surface area contributed by atoms with E-state index in [2.05, 4.69) is 31.0 Å². The molecule has 0 radical (unpaired) electrons. The van der Waals surface area contributed by atoms with Crippen LogP contribution in [0.15, 0.2) is 47.3 Å². The molecule has 2 aromatic carbocycles. The Morgan fingerprint density at radius 1 is 1.12 bits per heavy atom. The van der Waals surface area contributed by atoms with Gasteiger partial charge in [-0.05, 0) is 34.7 Å². The summed E-state index contributed by atoms with van der Waals surface area (Å²) in [4.78, 5) is 23.3. The van der Waals surface area contributed by atoms with Crippen LogP contribution in [0, 0.1) is 10.1 Å². The monoisotopic (exact) mass is 448 g/mol. The second kappa shape index (κ2) is 7.71. The summed E-state index contributed by atoms with van der Waals surface area (Å²) in [6.45, 7) is 0. The van der Waals surface area contributed by atoms with Gasteiger partial charge in [-0.15, -0.1) is 0 Å². The van der Waals surface area contributed by atoms with Crippen molar-refractivity contribution in [2.45, 2.75) is 6.04 Å². The van der Waals surface area contributed by atoms with Gasteiger partial charge < -0.3 is 14.8 Å². The first-order chi connectivity index (χ1) is 16.0. The standard InChI is InChI=1S/C20H16N8O5/c1-32-12-7-8-13(14(9-12)33-2)18-15-16(10-3-5-11(6-4-10)28(30)31)22-23-19(29)17(15)21-20-24-25-26-27(18)20/h3-9,18H,1-2H3,(H,23,29)(H,21,24,26)/t18-/m1/s1. The van der Waals surface area contributed by atoms with Crippen molar-refractivity contribution in [2.24, 2.45) is 0 Å². The Morgan fingerprint density at radius 3 is 2.61 bits per heavy atom. The van der Waals surface area contributed by atoms with Crippen LogP contribution in [0.3, 0.4) is 0 Å². The van der Waals surface area contributed by atoms with Crippen molar-refractivity contribution in [3.05, 3.63) is 74.1 Å². The Hall–Kier alpha value is -4.81. The Morgan fingerprint density at radius 2 is 1.91 bits per heavy atom. The zero-order valence-corrected chi connectivity index (χ0v) is 17.3. The van der Waals surface area contributed by atoms with E-state index in [0.29, 0.717) is 33.9 Å². The van der Waals surface area contributed by atoms with Crippen LogP contribution >= 0.6 is 0 Å². The van der Waals surface area contributed by atoms with Gasteiger partial charge >= 0.3 is 0 Å². The maximum Gasteiger partial charge on any atom is 0.288 e. The third kappa shape index (κ3) is 3.22. The van der Waals surface area contributed by atoms with Crippen LogP contribution < -0.4 is 20.3 Å². The molecule has 2 N–H and O–H groups in total. The molecule has 1 aliphatic rings. The molecule has 2 aromatic heterocycles. The number of nitrogens with zero attached hydrogens (tertiary/aromatic N) is 6. The van der Waals surface area contributed by atoms with Gasteiger partial charge in [-0.1, -0.05) is 5.10 Å². The van der Waals surface area contributed by atoms with E-state index in [-0.39, 0.29) is 17.3 Å². The molecular weight excluding hydrogens is 432 g/mol. The molecular formula is C20H16N8O5. The lowest BCUT2D eigenvalue weighted by molar-refractivity contribution is -0.384. The van der Waals surface area contributed by atoms with Gasteiger partial charge in [0.25, 0.3) is 11.2 Å². The fraction of sp³-hybridized carbons (Fsp3) is 0.150. The lowest BCUT2D eigenvalue weighted by Gasteiger charge is -2.28. The van der Waals surface area contributed by atoms with E-state index in [0.717, 1.165) is 0 Å². The van der Waals surface area contributed by atoms with Crippen LogP contribution in [-0.4, -0.2) is 49.5 Å². The van der Waals surface area contributed by atoms with Crippen molar-refractivity contribution in [1.29, 1.82) is 0 Å². The van der Waals surface area contributed by atoms with E-state index in [4.69, 9.17) is 9.47 Å². The summed E-state index contributed by atoms with van der Waals surface area (Å²) >= 11 is 0. The highest BCUT2D eigenvalue weighted by atomic mass is 16.6. The number of benzene rings is 2. The normalized spacial score (nSPS) is 14.1. The smallest absolute Gasteiger partial charge is 0.288 e. The summed E-state index contributed by atoms with van der Waals surface area (Å²) in [6.07, 6.45) is 0. The molecule has 3 heterocycles. The van der Waals surface area contributed by atoms with Crippen LogP contribution in [0.4, 0.5) is 17.3 Å². The Bertz CT molecular complexity index is 1430. The molecule has 0 unspecified atom stereocenters. The van der Waals surface area contributed by atoms with E-state index in [1.165, 1.54) is 23.9 Å². The molecule has 5 rings (SSSR count). The number of tetrazole rings is 1. The summed E-state index contributed by atoms with van der Waals surface area (Å²) in [7, 11) is 3.07. The van der Waals surface area contributed by atoms with E-state index in [1.807, 2.05) is 0 Å². The first-order valence-corrected chi connectivity index (χ1v) is 9.66. The zero-order valence-electron chi connectivity index (χ0n) is 17.3. The third-order valence-corrected chi connectivity index (χ3v) is 5.36. The van der Waals surface area contributed by atoms with Crippen molar-refractivity contribution in [1.82, 2.24) is 30.4 Å². The molecule has 0 spiro atoms. The van der Waals surface area contributed by atoms with Crippen LogP contribution in [-0.2, 0) is 0 Å². The summed E-state index contributed by atoms with van der Waals surface area (Å²) in [5.41, 5.74) is 1.78. The average Bonchev–Trinajstić information content (AvgIpc) is 3.31. The first kappa shape index (κ1) is 20.1. The first-order valence-electron chi connectivity index (χ1n) is 9.66. The molecule has 1 atom stereocenters. The summed E-state index contributed by atoms with van der Waals surface area (Å²) in [5, 5.41) is 32.6. The number of aromatic amines is 1. The SMILES string of the molecule is COc1ccc([C@@H]2c3c(-c4ccc([N+](=O)[O-])cc4)n[nH]c(=O)c3Nc3nnnn32)c(OC)c1. The fourth-order valence-corrected chi connectivity index (χ4v) is 3.83. The Labute approximate surface area is 185 Å². The van der Waals surface area contributed by atoms with Crippen molar-refractivity contribution in [3.63, 3.8) is 0 Å². The number of rotatable bonds is 5. The number of fused-ring (bicyclic) bond motifs is 2. The predicted octanol–water partition coefficient (Wildman–Crippen LogP) is 2.04. The predicted molar refractivity (Wildman–Crippen MR) is 115 cm³/mol. The van der Waals surface area contributed by atoms with Gasteiger partial charge in [-0.2, -0.15) is 9.78 Å². The zero-order chi connectivity index (χ0) is 23.1. The fourth-order valence-electron chi connectivity index (χ4n) is 3.83. The molecule has 0 amide bonds. The van der Waals surface area contributed by atoms with Gasteiger partial charge in [0.05, 0.1) is 24.8 Å². The molecule has 0 saturated carbocycles. The molecule has 166 valence electrons. The Balaban J connectivity index is 1.78. The number of aromatic nitrogens is 6. The number of nitro benzene ring substituents is 1. The molecule has 33 heavy (non-hydrogen) atoms. The highest BCUT2D eigenvalue weighted by molar-refractivity contribution is 5.76. The lowest BCUT2D eigenvalue weighted by Crippen LogP contribution is -2.29. The highest BCUT2D eigenvalue weighted by Gasteiger charge is 2.36. The van der Waals surface area contributed by atoms with Crippen molar-refractivity contribution in [2.75, 3.05) is 19.5 Å². The minimum Gasteiger partial charge on any atom is -0.497 e. The largest absolute Gasteiger partial charge is 0.497 e. The average molecular weight is 448 g/mol. The summed E-state index contributed by atoms with van der Waals surface area (Å²) in [5.74, 6) is 1.33. The quantitative estimate of drug-likeness (QED) is 0.300. The number of nitro groups is 1. The van der Waals surface area contributed by atoms with Crippen LogP contribution in [0.25, 0.3) is 11.3 Å². The van der Waals surface area contributed by atoms with Gasteiger partial charge in [0.2, 0.25) is 5.95 Å². The Kier molecular flexibility index (Phi) is 4.70. The maximum atomic E-state index is 12.8. The van der Waals surface area contributed by atoms with Gasteiger partial charge in [-0.3, -0.25) is 14.9 Å². The second-order valence-electron chi connectivity index (χ2n) is 7.08. The van der Waals surface area contributed by atoms with E-state index >= 15 is 0 Å². The van der Waals surface area contributed by atoms with E-state index in [9.17, 15) is 14.9 Å². The molecule has 0 saturated heterocycles. The van der Waals surface area contributed by atoms with Crippen LogP contribution in [0.2, 0.25) is 0 Å². The third-order valence-electron chi connectivity index (χ3n) is 5.36. The molecule has 0 aliphatic carbocycles. The van der Waals surface area contributed by atoms with Gasteiger partial charge in [0.15, 0.2) is 0 Å². The number of methoxy groups -OCH3 is 2. The molecule has 0 fully saturated rings. The molecule has 13 heteroatoms. The van der Waals surface area contributed by atoms with Crippen molar-refractivity contribution < 1.29 is 14.4 Å². The summed E-state index contributed by atoms with van der Waals surface area (Å²) < 4.78 is 12.4. The van der Waals surface area contributed by atoms with E-state index < -0.39 is 16.5 Å². The number of H-pyrrole nitrogens is 1. The topological polar surface area (TPSA) is 163 Å². The minimum absolute atomic E-state index is 0.0636. The number of anilines is 2. The number of hydrogen-bond acceptors (Lipinski definition) is 10. The summed E-state index contributed by atoms with van der Waals surface area (Å²) in [6, 6.07) is 10.5. The molecule has 1 aliphatic heterocycles. The number of nitrogens with one attached hydrogen (secondary N) is 2. The number of ether oxygens (including phenoxy) is 2. The molecule has 4 aromatic rings. The van der Waals surface area contributed by atoms with Crippen molar-refractivity contribution in [3.8, 4) is 22.8 Å². The van der Waals surface area contributed by atoms with Gasteiger partial charge in [0.1, 0.15) is 23.2 Å². The second-order valence-corrected chi connectivity index (χ2v) is 7.08. The molecule has 0 bridgehead atoms. The number of hydrogen-bond donors (Lipinski definition) is 2. The maximum absolute atomic E-state index is 12.8. The van der Waals surface area contributed by atoms with Gasteiger partial charge in [0, 0.05) is 34.9 Å². The lowest BCUT2D eigenvalue weighted by atomic mass is 9.92. The highest BCUT2D eigenvalue weighted by Crippen LogP contribution is 2.44. The van der Waals surface area contributed by atoms with Crippen LogP contribution in [0.5, 0.6) is 11.5 Å².